The van der Waals surface area contributed by atoms with Crippen LogP contribution in [0.4, 0.5) is 0 Å². The number of aryl methyl sites for hydroxylation is 1. The van der Waals surface area contributed by atoms with E-state index in [1.165, 1.54) is 5.56 Å². The summed E-state index contributed by atoms with van der Waals surface area (Å²) in [5, 5.41) is 7.57. The number of hydrogen-bond donors (Lipinski definition) is 2. The highest BCUT2D eigenvalue weighted by molar-refractivity contribution is 7.80. The van der Waals surface area contributed by atoms with Crippen molar-refractivity contribution in [3.8, 4) is 5.75 Å². The van der Waals surface area contributed by atoms with Crippen molar-refractivity contribution in [1.29, 1.82) is 0 Å². The minimum Gasteiger partial charge on any atom is -0.489 e. The largest absolute Gasteiger partial charge is 0.489 e. The third-order valence-corrected chi connectivity index (χ3v) is 3.30. The van der Waals surface area contributed by atoms with Gasteiger partial charge in [-0.05, 0) is 49.3 Å². The van der Waals surface area contributed by atoms with Gasteiger partial charge in [0.1, 0.15) is 12.4 Å². The van der Waals surface area contributed by atoms with E-state index in [4.69, 9.17) is 17.0 Å². The zero-order chi connectivity index (χ0) is 16.5. The van der Waals surface area contributed by atoms with Crippen LogP contribution in [0.2, 0.25) is 0 Å². The Morgan fingerprint density at radius 1 is 1.22 bits per heavy atom. The molecule has 0 spiro atoms. The lowest BCUT2D eigenvalue weighted by molar-refractivity contribution is 0.306. The van der Waals surface area contributed by atoms with Crippen LogP contribution in [0.3, 0.4) is 0 Å². The first-order valence-electron chi connectivity index (χ1n) is 7.52. The summed E-state index contributed by atoms with van der Waals surface area (Å²) in [7, 11) is 0. The van der Waals surface area contributed by atoms with Crippen LogP contribution in [0.15, 0.2) is 53.6 Å². The smallest absolute Gasteiger partial charge is 0.186 e. The van der Waals surface area contributed by atoms with Crippen molar-refractivity contribution >= 4 is 23.5 Å². The molecule has 0 saturated carbocycles. The van der Waals surface area contributed by atoms with Gasteiger partial charge >= 0.3 is 0 Å². The number of nitrogens with zero attached hydrogens (tertiary/aromatic N) is 1. The first kappa shape index (κ1) is 17.0. The van der Waals surface area contributed by atoms with Gasteiger partial charge in [0.2, 0.25) is 0 Å². The molecule has 2 rings (SSSR count). The Hall–Kier alpha value is -2.40. The molecule has 0 amide bonds. The van der Waals surface area contributed by atoms with Crippen LogP contribution < -0.4 is 15.5 Å². The molecular formula is C18H21N3OS. The van der Waals surface area contributed by atoms with Gasteiger partial charge in [-0.1, -0.05) is 42.0 Å². The summed E-state index contributed by atoms with van der Waals surface area (Å²) in [5.41, 5.74) is 6.09. The zero-order valence-electron chi connectivity index (χ0n) is 13.4. The third kappa shape index (κ3) is 6.08. The number of benzene rings is 2. The summed E-state index contributed by atoms with van der Waals surface area (Å²) in [6.07, 6.45) is 1.71. The molecule has 0 bridgehead atoms. The minimum absolute atomic E-state index is 0.510. The van der Waals surface area contributed by atoms with Gasteiger partial charge in [-0.3, -0.25) is 5.43 Å². The normalized spacial score (nSPS) is 10.5. The Morgan fingerprint density at radius 3 is 2.83 bits per heavy atom. The maximum Gasteiger partial charge on any atom is 0.186 e. The highest BCUT2D eigenvalue weighted by Gasteiger charge is 1.98. The SMILES string of the molecule is CCNC(=S)N/N=C\c1cccc(OCc2cccc(C)c2)c1. The second-order valence-corrected chi connectivity index (χ2v) is 5.49. The second-order valence-electron chi connectivity index (χ2n) is 5.08. The Morgan fingerprint density at radius 2 is 2.04 bits per heavy atom. The van der Waals surface area contributed by atoms with Crippen molar-refractivity contribution in [3.63, 3.8) is 0 Å². The molecule has 0 heterocycles. The fraction of sp³-hybridized carbons (Fsp3) is 0.222. The Labute approximate surface area is 142 Å². The monoisotopic (exact) mass is 327 g/mol. The minimum atomic E-state index is 0.510. The number of rotatable bonds is 6. The molecule has 2 aromatic carbocycles. The van der Waals surface area contributed by atoms with Crippen molar-refractivity contribution < 1.29 is 4.74 Å². The average molecular weight is 327 g/mol. The van der Waals surface area contributed by atoms with Gasteiger partial charge in [0.15, 0.2) is 5.11 Å². The molecule has 0 saturated heterocycles. The highest BCUT2D eigenvalue weighted by Crippen LogP contribution is 2.14. The molecule has 2 aromatic rings. The quantitative estimate of drug-likeness (QED) is 0.485. The van der Waals surface area contributed by atoms with Gasteiger partial charge < -0.3 is 10.1 Å². The van der Waals surface area contributed by atoms with E-state index in [9.17, 15) is 0 Å². The van der Waals surface area contributed by atoms with Crippen LogP contribution in [0.25, 0.3) is 0 Å². The number of ether oxygens (including phenoxy) is 1. The van der Waals surface area contributed by atoms with E-state index in [0.29, 0.717) is 11.7 Å². The summed E-state index contributed by atoms with van der Waals surface area (Å²) in [4.78, 5) is 0. The van der Waals surface area contributed by atoms with E-state index < -0.39 is 0 Å². The van der Waals surface area contributed by atoms with Crippen molar-refractivity contribution in [3.05, 3.63) is 65.2 Å². The van der Waals surface area contributed by atoms with Gasteiger partial charge in [-0.25, -0.2) is 0 Å². The summed E-state index contributed by atoms with van der Waals surface area (Å²) in [6, 6.07) is 16.1. The molecule has 2 N–H and O–H groups in total. The first-order valence-corrected chi connectivity index (χ1v) is 7.93. The van der Waals surface area contributed by atoms with Crippen LogP contribution >= 0.6 is 12.2 Å². The summed E-state index contributed by atoms with van der Waals surface area (Å²) < 4.78 is 5.83. The topological polar surface area (TPSA) is 45.7 Å². The molecule has 0 aliphatic rings. The lowest BCUT2D eigenvalue weighted by Crippen LogP contribution is -2.31. The molecule has 5 heteroatoms. The Balaban J connectivity index is 1.91. The van der Waals surface area contributed by atoms with Gasteiger partial charge in [0.05, 0.1) is 6.21 Å². The molecule has 120 valence electrons. The van der Waals surface area contributed by atoms with E-state index in [1.54, 1.807) is 6.21 Å². The Bertz CT molecular complexity index is 685. The molecule has 0 atom stereocenters. The van der Waals surface area contributed by atoms with E-state index >= 15 is 0 Å². The maximum absolute atomic E-state index is 5.83. The lowest BCUT2D eigenvalue weighted by atomic mass is 10.1. The van der Waals surface area contributed by atoms with Gasteiger partial charge in [0.25, 0.3) is 0 Å². The highest BCUT2D eigenvalue weighted by atomic mass is 32.1. The van der Waals surface area contributed by atoms with E-state index in [0.717, 1.165) is 23.4 Å². The fourth-order valence-electron chi connectivity index (χ4n) is 2.02. The molecule has 23 heavy (non-hydrogen) atoms. The predicted octanol–water partition coefficient (Wildman–Crippen LogP) is 3.39. The van der Waals surface area contributed by atoms with E-state index in [1.807, 2.05) is 37.3 Å². The van der Waals surface area contributed by atoms with Gasteiger partial charge in [-0.15, -0.1) is 0 Å². The van der Waals surface area contributed by atoms with Crippen LogP contribution in [0.5, 0.6) is 5.75 Å². The Kier molecular flexibility index (Phi) is 6.56. The molecule has 4 nitrogen and oxygen atoms in total. The molecule has 0 aromatic heterocycles. The standard InChI is InChI=1S/C18H21N3OS/c1-3-19-18(23)21-20-12-15-7-5-9-17(11-15)22-13-16-8-4-6-14(2)10-16/h4-12H,3,13H2,1-2H3,(H2,19,21,23)/b20-12-. The van der Waals surface area contributed by atoms with E-state index in [-0.39, 0.29) is 0 Å². The maximum atomic E-state index is 5.83. The van der Waals surface area contributed by atoms with Gasteiger partial charge in [0, 0.05) is 6.54 Å². The van der Waals surface area contributed by atoms with Crippen LogP contribution in [-0.4, -0.2) is 17.9 Å². The molecule has 0 radical (unpaired) electrons. The number of thiocarbonyl (C=S) groups is 1. The van der Waals surface area contributed by atoms with Crippen molar-refractivity contribution in [2.75, 3.05) is 6.54 Å². The van der Waals surface area contributed by atoms with Crippen molar-refractivity contribution in [1.82, 2.24) is 10.7 Å². The third-order valence-electron chi connectivity index (χ3n) is 3.06. The zero-order valence-corrected chi connectivity index (χ0v) is 14.2. The second kappa shape index (κ2) is 8.90. The van der Waals surface area contributed by atoms with Crippen LogP contribution in [-0.2, 0) is 6.61 Å². The van der Waals surface area contributed by atoms with Crippen LogP contribution in [0.1, 0.15) is 23.6 Å². The lowest BCUT2D eigenvalue weighted by Gasteiger charge is -2.07. The summed E-state index contributed by atoms with van der Waals surface area (Å²) in [5.74, 6) is 0.810. The van der Waals surface area contributed by atoms with Gasteiger partial charge in [-0.2, -0.15) is 5.10 Å². The number of nitrogens with one attached hydrogen (secondary N) is 2. The fourth-order valence-corrected chi connectivity index (χ4v) is 2.22. The summed E-state index contributed by atoms with van der Waals surface area (Å²) >= 11 is 5.04. The molecule has 0 aliphatic heterocycles. The molecular weight excluding hydrogens is 306 g/mol. The summed E-state index contributed by atoms with van der Waals surface area (Å²) in [6.45, 7) is 5.37. The first-order chi connectivity index (χ1) is 11.2. The molecule has 0 unspecified atom stereocenters. The molecule has 0 aliphatic carbocycles. The van der Waals surface area contributed by atoms with Crippen molar-refractivity contribution in [2.45, 2.75) is 20.5 Å². The number of hydrogen-bond acceptors (Lipinski definition) is 3. The van der Waals surface area contributed by atoms with Crippen molar-refractivity contribution in [2.24, 2.45) is 5.10 Å². The molecule has 0 fully saturated rings. The van der Waals surface area contributed by atoms with E-state index in [2.05, 4.69) is 41.0 Å². The predicted molar refractivity (Wildman–Crippen MR) is 99.0 cm³/mol. The average Bonchev–Trinajstić information content (AvgIpc) is 2.54. The van der Waals surface area contributed by atoms with Crippen LogP contribution in [0, 0.1) is 6.92 Å². The number of hydrazone groups is 1.